The lowest BCUT2D eigenvalue weighted by Crippen LogP contribution is -2.41. The van der Waals surface area contributed by atoms with Crippen molar-refractivity contribution in [2.24, 2.45) is 17.8 Å². The summed E-state index contributed by atoms with van der Waals surface area (Å²) in [4.78, 5) is 26.8. The molecule has 4 heteroatoms. The molecular formula is C18H33NO3. The van der Waals surface area contributed by atoms with Crippen molar-refractivity contribution < 1.29 is 14.3 Å². The zero-order chi connectivity index (χ0) is 16.7. The van der Waals surface area contributed by atoms with Crippen molar-refractivity contribution in [2.45, 2.75) is 66.3 Å². The van der Waals surface area contributed by atoms with E-state index in [-0.39, 0.29) is 17.8 Å². The van der Waals surface area contributed by atoms with Crippen molar-refractivity contribution in [3.63, 3.8) is 0 Å². The molecule has 128 valence electrons. The number of hydrogen-bond acceptors (Lipinski definition) is 4. The maximum Gasteiger partial charge on any atom is 0.308 e. The van der Waals surface area contributed by atoms with Gasteiger partial charge in [0.2, 0.25) is 0 Å². The lowest BCUT2D eigenvalue weighted by atomic mass is 9.79. The van der Waals surface area contributed by atoms with Gasteiger partial charge in [-0.15, -0.1) is 0 Å². The van der Waals surface area contributed by atoms with Crippen molar-refractivity contribution >= 4 is 11.8 Å². The Kier molecular flexibility index (Phi) is 8.08. The summed E-state index contributed by atoms with van der Waals surface area (Å²) >= 11 is 0. The molecule has 2 unspecified atom stereocenters. The molecule has 4 nitrogen and oxygen atoms in total. The van der Waals surface area contributed by atoms with Gasteiger partial charge in [0.25, 0.3) is 0 Å². The molecule has 0 aliphatic heterocycles. The highest BCUT2D eigenvalue weighted by atomic mass is 16.5. The van der Waals surface area contributed by atoms with Crippen LogP contribution in [0.5, 0.6) is 0 Å². The fourth-order valence-electron chi connectivity index (χ4n) is 3.21. The molecule has 1 fully saturated rings. The highest BCUT2D eigenvalue weighted by Crippen LogP contribution is 2.30. The molecule has 0 aromatic carbocycles. The van der Waals surface area contributed by atoms with E-state index in [0.717, 1.165) is 25.8 Å². The van der Waals surface area contributed by atoms with E-state index >= 15 is 0 Å². The van der Waals surface area contributed by atoms with Gasteiger partial charge in [0.15, 0.2) is 0 Å². The van der Waals surface area contributed by atoms with Gasteiger partial charge < -0.3 is 4.74 Å². The molecular weight excluding hydrogens is 278 g/mol. The van der Waals surface area contributed by atoms with E-state index < -0.39 is 0 Å². The van der Waals surface area contributed by atoms with Crippen molar-refractivity contribution in [1.82, 2.24) is 4.90 Å². The van der Waals surface area contributed by atoms with E-state index in [2.05, 4.69) is 32.6 Å². The van der Waals surface area contributed by atoms with Crippen LogP contribution in [0.2, 0.25) is 0 Å². The van der Waals surface area contributed by atoms with E-state index in [0.29, 0.717) is 37.3 Å². The summed E-state index contributed by atoms with van der Waals surface area (Å²) in [7, 11) is 0. The number of nitrogens with zero attached hydrogens (tertiary/aromatic N) is 1. The van der Waals surface area contributed by atoms with E-state index in [1.54, 1.807) is 0 Å². The second-order valence-corrected chi connectivity index (χ2v) is 7.20. The van der Waals surface area contributed by atoms with Crippen molar-refractivity contribution in [3.05, 3.63) is 0 Å². The maximum absolute atomic E-state index is 12.6. The van der Waals surface area contributed by atoms with E-state index in [1.807, 2.05) is 6.92 Å². The van der Waals surface area contributed by atoms with Crippen LogP contribution in [0.15, 0.2) is 0 Å². The van der Waals surface area contributed by atoms with Crippen LogP contribution in [0, 0.1) is 17.8 Å². The smallest absolute Gasteiger partial charge is 0.308 e. The summed E-state index contributed by atoms with van der Waals surface area (Å²) < 4.78 is 5.12. The van der Waals surface area contributed by atoms with Crippen molar-refractivity contribution in [2.75, 3.05) is 19.7 Å². The Balaban J connectivity index is 2.58. The minimum atomic E-state index is -0.122. The zero-order valence-electron chi connectivity index (χ0n) is 14.9. The van der Waals surface area contributed by atoms with Gasteiger partial charge >= 0.3 is 5.97 Å². The van der Waals surface area contributed by atoms with Gasteiger partial charge in [0, 0.05) is 18.5 Å². The Hall–Kier alpha value is -0.900. The molecule has 0 aromatic rings. The molecule has 0 N–H and O–H groups in total. The minimum Gasteiger partial charge on any atom is -0.466 e. The number of carbonyl (C=O) groups is 2. The van der Waals surface area contributed by atoms with Crippen LogP contribution < -0.4 is 0 Å². The molecule has 0 radical (unpaired) electrons. The number of ketones is 1. The number of rotatable bonds is 8. The first-order valence-corrected chi connectivity index (χ1v) is 8.78. The van der Waals surface area contributed by atoms with E-state index in [9.17, 15) is 9.59 Å². The Morgan fingerprint density at radius 2 is 1.77 bits per heavy atom. The average molecular weight is 311 g/mol. The van der Waals surface area contributed by atoms with Gasteiger partial charge in [-0.25, -0.2) is 0 Å². The monoisotopic (exact) mass is 311 g/mol. The second-order valence-electron chi connectivity index (χ2n) is 7.20. The lowest BCUT2D eigenvalue weighted by molar-refractivity contribution is -0.150. The van der Waals surface area contributed by atoms with Crippen molar-refractivity contribution in [1.29, 1.82) is 0 Å². The Morgan fingerprint density at radius 1 is 1.14 bits per heavy atom. The first-order chi connectivity index (χ1) is 10.3. The Morgan fingerprint density at radius 3 is 2.32 bits per heavy atom. The van der Waals surface area contributed by atoms with Crippen LogP contribution >= 0.6 is 0 Å². The average Bonchev–Trinajstić information content (AvgIpc) is 2.46. The summed E-state index contributed by atoms with van der Waals surface area (Å²) in [5.41, 5.74) is 0. The Bertz CT molecular complexity index is 365. The molecule has 0 bridgehead atoms. The van der Waals surface area contributed by atoms with Crippen LogP contribution in [0.3, 0.4) is 0 Å². The largest absolute Gasteiger partial charge is 0.466 e. The summed E-state index contributed by atoms with van der Waals surface area (Å²) in [6.45, 7) is 12.3. The first kappa shape index (κ1) is 19.1. The third kappa shape index (κ3) is 6.07. The molecule has 1 aliphatic rings. The quantitative estimate of drug-likeness (QED) is 0.645. The number of carbonyl (C=O) groups excluding carboxylic acids is 2. The summed E-state index contributed by atoms with van der Waals surface area (Å²) in [6.07, 6.45) is 3.40. The highest BCUT2D eigenvalue weighted by Gasteiger charge is 2.32. The van der Waals surface area contributed by atoms with Gasteiger partial charge in [-0.1, -0.05) is 20.3 Å². The first-order valence-electron chi connectivity index (χ1n) is 8.78. The van der Waals surface area contributed by atoms with Crippen molar-refractivity contribution in [3.8, 4) is 0 Å². The second kappa shape index (κ2) is 9.29. The molecule has 22 heavy (non-hydrogen) atoms. The van der Waals surface area contributed by atoms with Crippen LogP contribution in [0.4, 0.5) is 0 Å². The number of hydrogen-bond donors (Lipinski definition) is 0. The van der Waals surface area contributed by atoms with Gasteiger partial charge in [0.1, 0.15) is 5.78 Å². The van der Waals surface area contributed by atoms with Gasteiger partial charge in [0.05, 0.1) is 19.1 Å². The van der Waals surface area contributed by atoms with Crippen LogP contribution in [0.25, 0.3) is 0 Å². The number of Topliss-reactive ketones (excluding diaryl/α,β-unsaturated/α-hetero) is 1. The topological polar surface area (TPSA) is 46.6 Å². The normalized spacial score (nSPS) is 22.4. The van der Waals surface area contributed by atoms with Crippen LogP contribution in [0.1, 0.15) is 60.3 Å². The lowest BCUT2D eigenvalue weighted by Gasteiger charge is -2.31. The van der Waals surface area contributed by atoms with E-state index in [1.165, 1.54) is 0 Å². The molecule has 1 aliphatic carbocycles. The number of esters is 1. The Labute approximate surface area is 135 Å². The predicted molar refractivity (Wildman–Crippen MR) is 88.6 cm³/mol. The molecule has 1 rings (SSSR count). The SMILES string of the molecule is CCOC(=O)C1CCCC(C(=O)CN(CC(C)C)C(C)C)C1. The molecule has 0 saturated heterocycles. The predicted octanol–water partition coefficient (Wildman–Crippen LogP) is 3.29. The summed E-state index contributed by atoms with van der Waals surface area (Å²) in [5.74, 6) is 0.664. The zero-order valence-corrected chi connectivity index (χ0v) is 14.9. The summed E-state index contributed by atoms with van der Waals surface area (Å²) in [5, 5.41) is 0. The van der Waals surface area contributed by atoms with Gasteiger partial charge in [-0.2, -0.15) is 0 Å². The molecule has 0 heterocycles. The molecule has 1 saturated carbocycles. The number of ether oxygens (including phenoxy) is 1. The van der Waals surface area contributed by atoms with Gasteiger partial charge in [-0.05, 0) is 46.0 Å². The third-order valence-corrected chi connectivity index (χ3v) is 4.44. The van der Waals surface area contributed by atoms with E-state index in [4.69, 9.17) is 4.74 Å². The molecule has 2 atom stereocenters. The maximum atomic E-state index is 12.6. The third-order valence-electron chi connectivity index (χ3n) is 4.44. The molecule has 0 spiro atoms. The van der Waals surface area contributed by atoms with Crippen LogP contribution in [-0.2, 0) is 14.3 Å². The fourth-order valence-corrected chi connectivity index (χ4v) is 3.21. The summed E-state index contributed by atoms with van der Waals surface area (Å²) in [6, 6.07) is 0.371. The fraction of sp³-hybridized carbons (Fsp3) is 0.889. The van der Waals surface area contributed by atoms with Gasteiger partial charge in [-0.3, -0.25) is 14.5 Å². The highest BCUT2D eigenvalue weighted by molar-refractivity contribution is 5.84. The molecule has 0 amide bonds. The van der Waals surface area contributed by atoms with Crippen LogP contribution in [-0.4, -0.2) is 42.4 Å². The molecule has 0 aromatic heterocycles. The minimum absolute atomic E-state index is 0.0246. The standard InChI is InChI=1S/C18H33NO3/c1-6-22-18(21)16-9-7-8-15(10-16)17(20)12-19(14(4)5)11-13(2)3/h13-16H,6-12H2,1-5H3.